The lowest BCUT2D eigenvalue weighted by Crippen LogP contribution is -2.30. The molecule has 3 rings (SSSR count). The molecule has 0 saturated heterocycles. The van der Waals surface area contributed by atoms with E-state index in [9.17, 15) is 24.8 Å². The number of carbonyl (C=O) groups is 1. The van der Waals surface area contributed by atoms with Gasteiger partial charge in [0.1, 0.15) is 11.3 Å². The van der Waals surface area contributed by atoms with Crippen LogP contribution in [0.4, 0.5) is 5.00 Å². The third kappa shape index (κ3) is 3.05. The van der Waals surface area contributed by atoms with E-state index in [2.05, 4.69) is 10.5 Å². The third-order valence-electron chi connectivity index (χ3n) is 3.65. The van der Waals surface area contributed by atoms with E-state index in [-0.39, 0.29) is 5.00 Å². The lowest BCUT2D eigenvalue weighted by atomic mass is 10.1. The Labute approximate surface area is 150 Å². The molecule has 2 aromatic heterocycles. The van der Waals surface area contributed by atoms with E-state index in [1.54, 1.807) is 24.3 Å². The molecule has 0 unspecified atom stereocenters. The zero-order chi connectivity index (χ0) is 18.8. The van der Waals surface area contributed by atoms with Crippen molar-refractivity contribution in [3.8, 4) is 5.75 Å². The van der Waals surface area contributed by atoms with Gasteiger partial charge in [0.05, 0.1) is 21.5 Å². The monoisotopic (exact) mass is 372 g/mol. The molecular weight excluding hydrogens is 360 g/mol. The van der Waals surface area contributed by atoms with Gasteiger partial charge in [-0.05, 0) is 18.2 Å². The lowest BCUT2D eigenvalue weighted by Gasteiger charge is -2.10. The number of pyridine rings is 1. The van der Waals surface area contributed by atoms with Gasteiger partial charge >= 0.3 is 5.00 Å². The van der Waals surface area contributed by atoms with Gasteiger partial charge in [-0.15, -0.1) is 0 Å². The van der Waals surface area contributed by atoms with Crippen LogP contribution in [0, 0.1) is 10.1 Å². The fourth-order valence-electron chi connectivity index (χ4n) is 2.40. The van der Waals surface area contributed by atoms with Crippen molar-refractivity contribution in [1.82, 2.24) is 9.99 Å². The molecule has 0 saturated carbocycles. The molecule has 0 bridgehead atoms. The number of nitro groups is 1. The number of aromatic nitrogens is 1. The van der Waals surface area contributed by atoms with Crippen molar-refractivity contribution < 1.29 is 14.8 Å². The molecule has 9 nitrogen and oxygen atoms in total. The van der Waals surface area contributed by atoms with Gasteiger partial charge in [-0.25, -0.2) is 5.43 Å². The van der Waals surface area contributed by atoms with E-state index >= 15 is 0 Å². The maximum absolute atomic E-state index is 12.4. The standard InChI is InChI=1S/C16H12N4O5S/c1-19-11-5-3-2-4-10(11)14(21)13(16(19)23)15(22)18-17-8-9-6-7-12(26-9)20(24)25/h2-8,21H,1H3,(H,18,22)/b17-8-. The Bertz CT molecular complexity index is 1120. The molecule has 26 heavy (non-hydrogen) atoms. The summed E-state index contributed by atoms with van der Waals surface area (Å²) in [6, 6.07) is 9.43. The summed E-state index contributed by atoms with van der Waals surface area (Å²) in [7, 11) is 1.49. The minimum Gasteiger partial charge on any atom is -0.506 e. The highest BCUT2D eigenvalue weighted by atomic mass is 32.1. The van der Waals surface area contributed by atoms with Crippen LogP contribution in [-0.2, 0) is 7.05 Å². The molecule has 1 aromatic carbocycles. The molecule has 1 amide bonds. The number of nitrogens with one attached hydrogen (secondary N) is 1. The second-order valence-electron chi connectivity index (χ2n) is 5.24. The van der Waals surface area contributed by atoms with Crippen molar-refractivity contribution in [2.75, 3.05) is 0 Å². The van der Waals surface area contributed by atoms with E-state index in [0.717, 1.165) is 11.3 Å². The zero-order valence-electron chi connectivity index (χ0n) is 13.4. The van der Waals surface area contributed by atoms with Crippen LogP contribution in [0.2, 0.25) is 0 Å². The Morgan fingerprint density at radius 2 is 2.08 bits per heavy atom. The number of hydrogen-bond donors (Lipinski definition) is 2. The van der Waals surface area contributed by atoms with Gasteiger partial charge in [0.15, 0.2) is 0 Å². The molecule has 2 N–H and O–H groups in total. The molecule has 0 radical (unpaired) electrons. The highest BCUT2D eigenvalue weighted by Crippen LogP contribution is 2.25. The Kier molecular flexibility index (Phi) is 4.50. The van der Waals surface area contributed by atoms with Gasteiger partial charge in [0.25, 0.3) is 11.5 Å². The summed E-state index contributed by atoms with van der Waals surface area (Å²) in [6.45, 7) is 0. The molecule has 0 aliphatic rings. The summed E-state index contributed by atoms with van der Waals surface area (Å²) >= 11 is 0.884. The van der Waals surface area contributed by atoms with Gasteiger partial charge in [0, 0.05) is 18.5 Å². The first-order valence-corrected chi connectivity index (χ1v) is 8.10. The number of rotatable bonds is 4. The number of nitrogens with zero attached hydrogens (tertiary/aromatic N) is 3. The average molecular weight is 372 g/mol. The van der Waals surface area contributed by atoms with Crippen molar-refractivity contribution in [1.29, 1.82) is 0 Å². The van der Waals surface area contributed by atoms with Crippen LogP contribution in [0.25, 0.3) is 10.9 Å². The van der Waals surface area contributed by atoms with Gasteiger partial charge in [-0.3, -0.25) is 19.7 Å². The number of fused-ring (bicyclic) bond motifs is 1. The Morgan fingerprint density at radius 3 is 2.77 bits per heavy atom. The maximum Gasteiger partial charge on any atom is 0.324 e. The van der Waals surface area contributed by atoms with Crippen molar-refractivity contribution in [2.45, 2.75) is 0 Å². The van der Waals surface area contributed by atoms with E-state index in [1.165, 1.54) is 30.0 Å². The minimum absolute atomic E-state index is 0.0566. The second-order valence-corrected chi connectivity index (χ2v) is 6.33. The molecule has 132 valence electrons. The van der Waals surface area contributed by atoms with Crippen LogP contribution in [0.5, 0.6) is 5.75 Å². The number of hydrazone groups is 1. The number of aryl methyl sites for hydroxylation is 1. The smallest absolute Gasteiger partial charge is 0.324 e. The number of carbonyl (C=O) groups excluding carboxylic acids is 1. The number of aromatic hydroxyl groups is 1. The first-order chi connectivity index (χ1) is 12.4. The topological polar surface area (TPSA) is 127 Å². The van der Waals surface area contributed by atoms with Gasteiger partial charge in [-0.1, -0.05) is 23.5 Å². The summed E-state index contributed by atoms with van der Waals surface area (Å²) in [6.07, 6.45) is 1.22. The van der Waals surface area contributed by atoms with Crippen molar-refractivity contribution in [2.24, 2.45) is 12.1 Å². The first kappa shape index (κ1) is 17.3. The molecule has 3 aromatic rings. The predicted octanol–water partition coefficient (Wildman–Crippen LogP) is 1.98. The lowest BCUT2D eigenvalue weighted by molar-refractivity contribution is -0.380. The van der Waals surface area contributed by atoms with Crippen LogP contribution < -0.4 is 11.0 Å². The van der Waals surface area contributed by atoms with E-state index in [0.29, 0.717) is 15.8 Å². The Morgan fingerprint density at radius 1 is 1.35 bits per heavy atom. The van der Waals surface area contributed by atoms with Crippen LogP contribution in [0.1, 0.15) is 15.2 Å². The SMILES string of the molecule is Cn1c(=O)c(C(=O)N/N=C\c2ccc([N+](=O)[O-])s2)c(O)c2ccccc21. The predicted molar refractivity (Wildman–Crippen MR) is 96.9 cm³/mol. The number of hydrogen-bond acceptors (Lipinski definition) is 7. The molecule has 0 atom stereocenters. The van der Waals surface area contributed by atoms with Crippen LogP contribution >= 0.6 is 11.3 Å². The average Bonchev–Trinajstić information content (AvgIpc) is 3.09. The number of benzene rings is 1. The van der Waals surface area contributed by atoms with Crippen LogP contribution in [0.3, 0.4) is 0 Å². The molecule has 0 aliphatic heterocycles. The highest BCUT2D eigenvalue weighted by Gasteiger charge is 2.20. The molecule has 10 heteroatoms. The Hall–Kier alpha value is -3.53. The molecule has 0 fully saturated rings. The first-order valence-electron chi connectivity index (χ1n) is 7.28. The second kappa shape index (κ2) is 6.76. The molecule has 0 spiro atoms. The summed E-state index contributed by atoms with van der Waals surface area (Å²) in [5, 5.41) is 24.9. The fraction of sp³-hybridized carbons (Fsp3) is 0.0625. The third-order valence-corrected chi connectivity index (χ3v) is 4.62. The number of para-hydroxylation sites is 1. The molecule has 0 aliphatic carbocycles. The summed E-state index contributed by atoms with van der Waals surface area (Å²) in [5.41, 5.74) is 1.54. The van der Waals surface area contributed by atoms with Crippen molar-refractivity contribution in [3.05, 3.63) is 67.3 Å². The summed E-state index contributed by atoms with van der Waals surface area (Å²) in [4.78, 5) is 35.2. The quantitative estimate of drug-likeness (QED) is 0.411. The van der Waals surface area contributed by atoms with Crippen LogP contribution in [0.15, 0.2) is 46.3 Å². The van der Waals surface area contributed by atoms with Crippen molar-refractivity contribution >= 4 is 39.4 Å². The number of thiophene rings is 1. The van der Waals surface area contributed by atoms with Crippen molar-refractivity contribution in [3.63, 3.8) is 0 Å². The summed E-state index contributed by atoms with van der Waals surface area (Å²) in [5.74, 6) is -1.31. The van der Waals surface area contributed by atoms with Gasteiger partial charge in [0.2, 0.25) is 0 Å². The maximum atomic E-state index is 12.4. The van der Waals surface area contributed by atoms with Crippen LogP contribution in [-0.4, -0.2) is 26.7 Å². The van der Waals surface area contributed by atoms with Gasteiger partial charge in [-0.2, -0.15) is 5.10 Å². The highest BCUT2D eigenvalue weighted by molar-refractivity contribution is 7.16. The minimum atomic E-state index is -0.879. The largest absolute Gasteiger partial charge is 0.506 e. The number of amides is 1. The normalized spacial score (nSPS) is 11.1. The summed E-state index contributed by atoms with van der Waals surface area (Å²) < 4.78 is 1.26. The zero-order valence-corrected chi connectivity index (χ0v) is 14.2. The van der Waals surface area contributed by atoms with E-state index in [1.807, 2.05) is 0 Å². The Balaban J connectivity index is 1.89. The molecular formula is C16H12N4O5S. The molecule has 2 heterocycles. The van der Waals surface area contributed by atoms with Gasteiger partial charge < -0.3 is 9.67 Å². The van der Waals surface area contributed by atoms with E-state index in [4.69, 9.17) is 0 Å². The van der Waals surface area contributed by atoms with E-state index < -0.39 is 27.7 Å². The fourth-order valence-corrected chi connectivity index (χ4v) is 3.10.